The molecule has 3 aliphatic carbocycles. The fourth-order valence-corrected chi connectivity index (χ4v) is 7.35. The molecule has 1 saturated heterocycles. The van der Waals surface area contributed by atoms with E-state index >= 15 is 0 Å². The lowest BCUT2D eigenvalue weighted by molar-refractivity contribution is -0.119. The van der Waals surface area contributed by atoms with E-state index in [9.17, 15) is 13.6 Å². The number of carbonyl (C=O) groups is 1. The van der Waals surface area contributed by atoms with Crippen molar-refractivity contribution in [2.24, 2.45) is 17.6 Å². The number of nitrogens with zero attached hydrogens (tertiary/aromatic N) is 3. The van der Waals surface area contributed by atoms with E-state index in [0.717, 1.165) is 42.3 Å². The lowest BCUT2D eigenvalue weighted by Gasteiger charge is -2.40. The maximum atomic E-state index is 13.5. The first-order chi connectivity index (χ1) is 14.9. The van der Waals surface area contributed by atoms with Gasteiger partial charge in [-0.25, -0.2) is 18.7 Å². The molecule has 9 heteroatoms. The molecule has 0 bridgehead atoms. The van der Waals surface area contributed by atoms with Crippen molar-refractivity contribution in [2.75, 3.05) is 13.1 Å². The summed E-state index contributed by atoms with van der Waals surface area (Å²) < 4.78 is 33.3. The molecule has 0 unspecified atom stereocenters. The van der Waals surface area contributed by atoms with E-state index in [-0.39, 0.29) is 36.7 Å². The van der Waals surface area contributed by atoms with Gasteiger partial charge in [0.05, 0.1) is 5.39 Å². The van der Waals surface area contributed by atoms with Crippen molar-refractivity contribution >= 4 is 27.5 Å². The van der Waals surface area contributed by atoms with Crippen LogP contribution in [0.15, 0.2) is 6.33 Å². The highest BCUT2D eigenvalue weighted by molar-refractivity contribution is 7.19. The second-order valence-corrected chi connectivity index (χ2v) is 10.6. The van der Waals surface area contributed by atoms with Gasteiger partial charge >= 0.3 is 0 Å². The van der Waals surface area contributed by atoms with E-state index in [0.29, 0.717) is 30.9 Å². The monoisotopic (exact) mass is 448 g/mol. The first kappa shape index (κ1) is 19.8. The largest absolute Gasteiger partial charge is 0.474 e. The molecule has 166 valence electrons. The molecule has 2 saturated carbocycles. The van der Waals surface area contributed by atoms with Gasteiger partial charge in [-0.2, -0.15) is 0 Å². The normalized spacial score (nSPS) is 34.3. The highest BCUT2D eigenvalue weighted by atomic mass is 32.1. The summed E-state index contributed by atoms with van der Waals surface area (Å²) in [7, 11) is 0. The first-order valence-electron chi connectivity index (χ1n) is 11.3. The molecule has 6 nitrogen and oxygen atoms in total. The first-order valence-corrected chi connectivity index (χ1v) is 12.1. The van der Waals surface area contributed by atoms with Gasteiger partial charge in [-0.05, 0) is 43.6 Å². The van der Waals surface area contributed by atoms with Crippen molar-refractivity contribution in [1.82, 2.24) is 14.9 Å². The van der Waals surface area contributed by atoms with Crippen LogP contribution in [0.5, 0.6) is 5.88 Å². The number of ether oxygens (including phenoxy) is 1. The minimum atomic E-state index is -2.50. The van der Waals surface area contributed by atoms with Crippen LogP contribution in [0.4, 0.5) is 8.78 Å². The predicted octanol–water partition coefficient (Wildman–Crippen LogP) is 3.48. The van der Waals surface area contributed by atoms with Gasteiger partial charge in [-0.3, -0.25) is 9.69 Å². The zero-order chi connectivity index (χ0) is 21.3. The topological polar surface area (TPSA) is 81.3 Å². The SMILES string of the molecule is NC(=O)[C@H]1[C@@H]2Cc3sc4ncnc(OC5CCC(N6CCC(F)(F)CC6)CC5)c4c3[C@@H]21. The summed E-state index contributed by atoms with van der Waals surface area (Å²) in [6, 6.07) is 0.371. The zero-order valence-electron chi connectivity index (χ0n) is 17.2. The van der Waals surface area contributed by atoms with E-state index in [2.05, 4.69) is 14.9 Å². The number of alkyl halides is 2. The molecule has 1 aliphatic heterocycles. The van der Waals surface area contributed by atoms with E-state index < -0.39 is 5.92 Å². The third-order valence-electron chi connectivity index (χ3n) is 7.79. The van der Waals surface area contributed by atoms with Crippen LogP contribution < -0.4 is 10.5 Å². The van der Waals surface area contributed by atoms with Gasteiger partial charge in [0.2, 0.25) is 11.8 Å². The molecule has 0 aromatic carbocycles. The van der Waals surface area contributed by atoms with Crippen molar-refractivity contribution < 1.29 is 18.3 Å². The number of hydrogen-bond donors (Lipinski definition) is 1. The Hall–Kier alpha value is -1.87. The van der Waals surface area contributed by atoms with Crippen molar-refractivity contribution in [1.29, 1.82) is 0 Å². The van der Waals surface area contributed by atoms with Gasteiger partial charge in [0.25, 0.3) is 5.92 Å². The van der Waals surface area contributed by atoms with E-state index in [1.807, 2.05) is 0 Å². The van der Waals surface area contributed by atoms with E-state index in [1.165, 1.54) is 10.4 Å². The number of rotatable bonds is 4. The summed E-state index contributed by atoms with van der Waals surface area (Å²) in [6.07, 6.45) is 6.17. The number of hydrogen-bond acceptors (Lipinski definition) is 6. The smallest absolute Gasteiger partial charge is 0.250 e. The molecule has 0 spiro atoms. The summed E-state index contributed by atoms with van der Waals surface area (Å²) in [4.78, 5) is 25.1. The van der Waals surface area contributed by atoms with Crippen LogP contribution in [0.1, 0.15) is 54.9 Å². The van der Waals surface area contributed by atoms with Crippen LogP contribution >= 0.6 is 11.3 Å². The second-order valence-electron chi connectivity index (χ2n) is 9.56. The van der Waals surface area contributed by atoms with Gasteiger partial charge in [-0.1, -0.05) is 0 Å². The molecule has 2 N–H and O–H groups in total. The van der Waals surface area contributed by atoms with Gasteiger partial charge in [0, 0.05) is 48.7 Å². The Morgan fingerprint density at radius 1 is 1.19 bits per heavy atom. The number of carbonyl (C=O) groups excluding carboxylic acids is 1. The number of halogens is 2. The summed E-state index contributed by atoms with van der Waals surface area (Å²) in [5.41, 5.74) is 6.78. The lowest BCUT2D eigenvalue weighted by Crippen LogP contribution is -2.47. The number of amides is 1. The molecule has 3 atom stereocenters. The molecule has 3 heterocycles. The van der Waals surface area contributed by atoms with Crippen molar-refractivity contribution in [3.05, 3.63) is 16.8 Å². The van der Waals surface area contributed by atoms with Crippen molar-refractivity contribution in [3.8, 4) is 5.88 Å². The average molecular weight is 449 g/mol. The van der Waals surface area contributed by atoms with Crippen LogP contribution in [0.3, 0.4) is 0 Å². The van der Waals surface area contributed by atoms with Crippen LogP contribution in [0.25, 0.3) is 10.2 Å². The number of primary amides is 1. The Bertz CT molecular complexity index is 1030. The average Bonchev–Trinajstić information content (AvgIpc) is 3.13. The van der Waals surface area contributed by atoms with Crippen LogP contribution in [-0.4, -0.2) is 51.9 Å². The maximum Gasteiger partial charge on any atom is 0.250 e. The van der Waals surface area contributed by atoms with Crippen LogP contribution in [0.2, 0.25) is 0 Å². The fraction of sp³-hybridized carbons (Fsp3) is 0.682. The van der Waals surface area contributed by atoms with Crippen LogP contribution in [-0.2, 0) is 11.2 Å². The lowest BCUT2D eigenvalue weighted by atomic mass is 9.90. The summed E-state index contributed by atoms with van der Waals surface area (Å²) in [5.74, 6) is -1.62. The van der Waals surface area contributed by atoms with Gasteiger partial charge < -0.3 is 10.5 Å². The number of fused-ring (bicyclic) bond motifs is 5. The summed E-state index contributed by atoms with van der Waals surface area (Å²) >= 11 is 1.68. The number of aromatic nitrogens is 2. The minimum absolute atomic E-state index is 0.0277. The fourth-order valence-electron chi connectivity index (χ4n) is 6.09. The zero-order valence-corrected chi connectivity index (χ0v) is 18.0. The molecular formula is C22H26F2N4O2S. The number of likely N-dealkylation sites (tertiary alicyclic amines) is 1. The maximum absolute atomic E-state index is 13.5. The number of thiophene rings is 1. The number of nitrogens with two attached hydrogens (primary N) is 1. The Morgan fingerprint density at radius 3 is 2.65 bits per heavy atom. The van der Waals surface area contributed by atoms with Gasteiger partial charge in [-0.15, -0.1) is 11.3 Å². The molecular weight excluding hydrogens is 422 g/mol. The van der Waals surface area contributed by atoms with Gasteiger partial charge in [0.15, 0.2) is 0 Å². The Kier molecular flexibility index (Phi) is 4.51. The quantitative estimate of drug-likeness (QED) is 0.775. The van der Waals surface area contributed by atoms with Gasteiger partial charge in [0.1, 0.15) is 17.3 Å². The van der Waals surface area contributed by atoms with Crippen molar-refractivity contribution in [2.45, 2.75) is 68.9 Å². The Balaban J connectivity index is 1.15. The predicted molar refractivity (Wildman–Crippen MR) is 112 cm³/mol. The number of piperidine rings is 1. The Labute approximate surface area is 183 Å². The van der Waals surface area contributed by atoms with Crippen molar-refractivity contribution in [3.63, 3.8) is 0 Å². The summed E-state index contributed by atoms with van der Waals surface area (Å²) in [5, 5.41) is 0.971. The highest BCUT2D eigenvalue weighted by Crippen LogP contribution is 2.65. The molecule has 31 heavy (non-hydrogen) atoms. The third-order valence-corrected chi connectivity index (χ3v) is 8.92. The van der Waals surface area contributed by atoms with Crippen LogP contribution in [0, 0.1) is 11.8 Å². The van der Waals surface area contributed by atoms with E-state index in [1.54, 1.807) is 17.7 Å². The molecule has 3 fully saturated rings. The molecule has 2 aromatic rings. The highest BCUT2D eigenvalue weighted by Gasteiger charge is 2.60. The molecule has 2 aromatic heterocycles. The third kappa shape index (κ3) is 3.31. The molecule has 1 amide bonds. The van der Waals surface area contributed by atoms with E-state index in [4.69, 9.17) is 10.5 Å². The molecule has 4 aliphatic rings. The second kappa shape index (κ2) is 7.07. The summed E-state index contributed by atoms with van der Waals surface area (Å²) in [6.45, 7) is 0.973. The molecule has 0 radical (unpaired) electrons. The standard InChI is InChI=1S/C22H26F2N4O2S/c23-22(24)5-7-28(8-6-22)11-1-3-12(4-2-11)30-20-18-17-14(31-21(18)27-10-26-20)9-13-15(17)16(13)19(25)29/h10-13,15-16H,1-9H2,(H2,25,29)/t11?,12?,13-,15+,16+/m1/s1. The molecule has 6 rings (SSSR count). The minimum Gasteiger partial charge on any atom is -0.474 e. The Morgan fingerprint density at radius 2 is 1.94 bits per heavy atom.